The highest BCUT2D eigenvalue weighted by Gasteiger charge is 2.20. The van der Waals surface area contributed by atoms with Gasteiger partial charge in [0.15, 0.2) is 0 Å². The smallest absolute Gasteiger partial charge is 0.280 e. The van der Waals surface area contributed by atoms with Crippen molar-refractivity contribution in [2.75, 3.05) is 5.75 Å². The largest absolute Gasteiger partial charge is 0.289 e. The number of thioether (sulfide) groups is 1. The van der Waals surface area contributed by atoms with Crippen LogP contribution in [0.15, 0.2) is 40.2 Å². The van der Waals surface area contributed by atoms with Crippen LogP contribution in [-0.2, 0) is 6.42 Å². The first-order valence-electron chi connectivity index (χ1n) is 6.25. The standard InChI is InChI=1S/C14H10ClN3OS/c15-8-1-3-9(4-2-8)18-14(19)10-7-16-11-5-6-20-13(11)12(10)17-18/h1-4,7,17H,5-6H2. The van der Waals surface area contributed by atoms with Gasteiger partial charge < -0.3 is 0 Å². The average molecular weight is 304 g/mol. The summed E-state index contributed by atoms with van der Waals surface area (Å²) < 4.78 is 1.54. The Balaban J connectivity index is 2.00. The van der Waals surface area contributed by atoms with Gasteiger partial charge in [-0.05, 0) is 24.3 Å². The van der Waals surface area contributed by atoms with E-state index in [1.165, 1.54) is 0 Å². The lowest BCUT2D eigenvalue weighted by molar-refractivity contribution is 0.860. The van der Waals surface area contributed by atoms with E-state index in [0.29, 0.717) is 10.4 Å². The molecule has 3 aromatic rings. The van der Waals surface area contributed by atoms with Crippen molar-refractivity contribution < 1.29 is 0 Å². The highest BCUT2D eigenvalue weighted by atomic mass is 35.5. The number of aryl methyl sites for hydroxylation is 1. The molecule has 4 nitrogen and oxygen atoms in total. The second-order valence-electron chi connectivity index (χ2n) is 4.65. The summed E-state index contributed by atoms with van der Waals surface area (Å²) in [4.78, 5) is 18.0. The van der Waals surface area contributed by atoms with Gasteiger partial charge >= 0.3 is 0 Å². The third-order valence-electron chi connectivity index (χ3n) is 3.44. The molecule has 4 rings (SSSR count). The molecule has 0 atom stereocenters. The van der Waals surface area contributed by atoms with Crippen LogP contribution in [0.2, 0.25) is 5.02 Å². The highest BCUT2D eigenvalue weighted by Crippen LogP contribution is 2.34. The van der Waals surface area contributed by atoms with Gasteiger partial charge in [0, 0.05) is 23.4 Å². The summed E-state index contributed by atoms with van der Waals surface area (Å²) in [6.07, 6.45) is 2.63. The number of aromatic nitrogens is 3. The van der Waals surface area contributed by atoms with Crippen LogP contribution in [0.1, 0.15) is 5.69 Å². The quantitative estimate of drug-likeness (QED) is 0.752. The van der Waals surface area contributed by atoms with E-state index in [2.05, 4.69) is 10.1 Å². The number of fused-ring (bicyclic) bond motifs is 3. The Labute approximate surface area is 123 Å². The van der Waals surface area contributed by atoms with Gasteiger partial charge in [0.25, 0.3) is 5.56 Å². The molecule has 0 bridgehead atoms. The molecule has 0 saturated carbocycles. The zero-order valence-electron chi connectivity index (χ0n) is 10.4. The molecule has 1 aliphatic rings. The van der Waals surface area contributed by atoms with Crippen LogP contribution in [-0.4, -0.2) is 20.5 Å². The first-order valence-corrected chi connectivity index (χ1v) is 7.62. The molecule has 0 unspecified atom stereocenters. The molecule has 1 aliphatic heterocycles. The van der Waals surface area contributed by atoms with E-state index in [1.54, 1.807) is 34.8 Å². The maximum absolute atomic E-state index is 12.5. The van der Waals surface area contributed by atoms with Crippen molar-refractivity contribution in [2.45, 2.75) is 11.3 Å². The van der Waals surface area contributed by atoms with E-state index in [-0.39, 0.29) is 5.56 Å². The predicted molar refractivity (Wildman–Crippen MR) is 81.1 cm³/mol. The number of H-pyrrole nitrogens is 1. The Morgan fingerprint density at radius 2 is 2.10 bits per heavy atom. The number of hydrogen-bond donors (Lipinski definition) is 1. The van der Waals surface area contributed by atoms with E-state index >= 15 is 0 Å². The van der Waals surface area contributed by atoms with Crippen LogP contribution in [0, 0.1) is 0 Å². The zero-order chi connectivity index (χ0) is 13.7. The van der Waals surface area contributed by atoms with Gasteiger partial charge in [0.2, 0.25) is 0 Å². The average Bonchev–Trinajstić information content (AvgIpc) is 3.04. The molecule has 1 aromatic carbocycles. The molecule has 0 aliphatic carbocycles. The van der Waals surface area contributed by atoms with Gasteiger partial charge in [0.05, 0.1) is 27.2 Å². The summed E-state index contributed by atoms with van der Waals surface area (Å²) in [5.41, 5.74) is 2.65. The zero-order valence-corrected chi connectivity index (χ0v) is 12.0. The number of halogens is 1. The summed E-state index contributed by atoms with van der Waals surface area (Å²) in [5, 5.41) is 4.48. The first kappa shape index (κ1) is 12.1. The third-order valence-corrected chi connectivity index (χ3v) is 4.82. The number of hydrogen-bond acceptors (Lipinski definition) is 3. The SMILES string of the molecule is O=c1c2cnc3c(c2[nH]n1-c1ccc(Cl)cc1)SCC3. The van der Waals surface area contributed by atoms with Crippen LogP contribution in [0.3, 0.4) is 0 Å². The molecular formula is C14H10ClN3OS. The van der Waals surface area contributed by atoms with Crippen molar-refractivity contribution in [1.82, 2.24) is 14.8 Å². The van der Waals surface area contributed by atoms with Crippen LogP contribution in [0.25, 0.3) is 16.6 Å². The van der Waals surface area contributed by atoms with Gasteiger partial charge in [-0.3, -0.25) is 14.9 Å². The second kappa shape index (κ2) is 4.40. The topological polar surface area (TPSA) is 50.7 Å². The van der Waals surface area contributed by atoms with E-state index < -0.39 is 0 Å². The molecule has 0 radical (unpaired) electrons. The first-order chi connectivity index (χ1) is 9.74. The van der Waals surface area contributed by atoms with E-state index in [4.69, 9.17) is 11.6 Å². The lowest BCUT2D eigenvalue weighted by atomic mass is 10.2. The van der Waals surface area contributed by atoms with E-state index in [0.717, 1.165) is 34.0 Å². The van der Waals surface area contributed by atoms with Crippen LogP contribution >= 0.6 is 23.4 Å². The third kappa shape index (κ3) is 1.70. The molecule has 2 aromatic heterocycles. The molecule has 3 heterocycles. The fourth-order valence-corrected chi connectivity index (χ4v) is 3.69. The van der Waals surface area contributed by atoms with Crippen LogP contribution in [0.4, 0.5) is 0 Å². The van der Waals surface area contributed by atoms with Crippen molar-refractivity contribution in [3.05, 3.63) is 51.5 Å². The Kier molecular flexibility index (Phi) is 2.65. The summed E-state index contributed by atoms with van der Waals surface area (Å²) in [5.74, 6) is 1.02. The van der Waals surface area contributed by atoms with E-state index in [9.17, 15) is 4.79 Å². The Bertz CT molecular complexity index is 866. The van der Waals surface area contributed by atoms with E-state index in [1.807, 2.05) is 12.1 Å². The van der Waals surface area contributed by atoms with Crippen molar-refractivity contribution in [1.29, 1.82) is 0 Å². The molecule has 6 heteroatoms. The number of nitrogens with zero attached hydrogens (tertiary/aromatic N) is 2. The normalized spacial score (nSPS) is 13.8. The predicted octanol–water partition coefficient (Wildman–Crippen LogP) is 3.02. The monoisotopic (exact) mass is 303 g/mol. The van der Waals surface area contributed by atoms with Gasteiger partial charge in [0.1, 0.15) is 0 Å². The summed E-state index contributed by atoms with van der Waals surface area (Å²) in [6, 6.07) is 7.18. The van der Waals surface area contributed by atoms with Gasteiger partial charge in [-0.2, -0.15) is 0 Å². The summed E-state index contributed by atoms with van der Waals surface area (Å²) in [7, 11) is 0. The molecule has 100 valence electrons. The second-order valence-corrected chi connectivity index (χ2v) is 6.19. The fraction of sp³-hybridized carbons (Fsp3) is 0.143. The van der Waals surface area contributed by atoms with Crippen LogP contribution < -0.4 is 5.56 Å². The van der Waals surface area contributed by atoms with Crippen molar-refractivity contribution in [3.63, 3.8) is 0 Å². The minimum Gasteiger partial charge on any atom is -0.289 e. The molecule has 20 heavy (non-hydrogen) atoms. The highest BCUT2D eigenvalue weighted by molar-refractivity contribution is 7.99. The molecule has 0 fully saturated rings. The minimum atomic E-state index is -0.0786. The number of nitrogens with one attached hydrogen (secondary N) is 1. The molecule has 0 spiro atoms. The van der Waals surface area contributed by atoms with Gasteiger partial charge in [-0.15, -0.1) is 11.8 Å². The van der Waals surface area contributed by atoms with Crippen molar-refractivity contribution in [3.8, 4) is 5.69 Å². The summed E-state index contributed by atoms with van der Waals surface area (Å²) >= 11 is 7.63. The Morgan fingerprint density at radius 3 is 2.90 bits per heavy atom. The lowest BCUT2D eigenvalue weighted by Gasteiger charge is -2.01. The lowest BCUT2D eigenvalue weighted by Crippen LogP contribution is -2.14. The number of rotatable bonds is 1. The Morgan fingerprint density at radius 1 is 1.30 bits per heavy atom. The number of aromatic amines is 1. The van der Waals surface area contributed by atoms with Crippen molar-refractivity contribution >= 4 is 34.3 Å². The minimum absolute atomic E-state index is 0.0786. The van der Waals surface area contributed by atoms with Crippen molar-refractivity contribution in [2.24, 2.45) is 0 Å². The maximum atomic E-state index is 12.5. The Hall–Kier alpha value is -1.72. The number of pyridine rings is 1. The maximum Gasteiger partial charge on any atom is 0.280 e. The van der Waals surface area contributed by atoms with Crippen LogP contribution in [0.5, 0.6) is 0 Å². The van der Waals surface area contributed by atoms with Gasteiger partial charge in [-0.25, -0.2) is 4.68 Å². The molecular weight excluding hydrogens is 294 g/mol. The molecule has 0 amide bonds. The molecule has 1 N–H and O–H groups in total. The summed E-state index contributed by atoms with van der Waals surface area (Å²) in [6.45, 7) is 0. The number of benzene rings is 1. The molecule has 0 saturated heterocycles. The van der Waals surface area contributed by atoms with Gasteiger partial charge in [-0.1, -0.05) is 11.6 Å². The fourth-order valence-electron chi connectivity index (χ4n) is 2.44.